The SMILES string of the molecule is CC(Br)/C=C/CC(C)(C)C. The van der Waals surface area contributed by atoms with Crippen molar-refractivity contribution in [2.75, 3.05) is 0 Å². The number of allylic oxidation sites excluding steroid dienone is 2. The zero-order chi connectivity index (χ0) is 8.20. The van der Waals surface area contributed by atoms with Crippen LogP contribution >= 0.6 is 15.9 Å². The highest BCUT2D eigenvalue weighted by Crippen LogP contribution is 2.19. The van der Waals surface area contributed by atoms with Gasteiger partial charge in [0.2, 0.25) is 0 Å². The molecule has 0 saturated heterocycles. The van der Waals surface area contributed by atoms with Crippen LogP contribution in [0.25, 0.3) is 0 Å². The second-order valence-electron chi connectivity index (χ2n) is 3.87. The van der Waals surface area contributed by atoms with E-state index in [0.29, 0.717) is 10.2 Å². The van der Waals surface area contributed by atoms with Gasteiger partial charge in [-0.3, -0.25) is 0 Å². The van der Waals surface area contributed by atoms with E-state index in [1.807, 2.05) is 0 Å². The standard InChI is InChI=1S/C9H17Br/c1-8(10)6-5-7-9(2,3)4/h5-6,8H,7H2,1-4H3/b6-5+. The minimum Gasteiger partial charge on any atom is -0.0869 e. The van der Waals surface area contributed by atoms with Crippen molar-refractivity contribution in [2.24, 2.45) is 5.41 Å². The van der Waals surface area contributed by atoms with Crippen molar-refractivity contribution in [3.05, 3.63) is 12.2 Å². The van der Waals surface area contributed by atoms with Gasteiger partial charge in [-0.15, -0.1) is 0 Å². The number of alkyl halides is 1. The van der Waals surface area contributed by atoms with E-state index in [9.17, 15) is 0 Å². The van der Waals surface area contributed by atoms with Gasteiger partial charge in [-0.1, -0.05) is 48.9 Å². The topological polar surface area (TPSA) is 0 Å². The van der Waals surface area contributed by atoms with Crippen LogP contribution in [-0.2, 0) is 0 Å². The third kappa shape index (κ3) is 8.22. The Morgan fingerprint density at radius 2 is 1.90 bits per heavy atom. The second kappa shape index (κ2) is 4.17. The van der Waals surface area contributed by atoms with Gasteiger partial charge < -0.3 is 0 Å². The molecule has 0 aromatic carbocycles. The maximum atomic E-state index is 3.46. The fourth-order valence-electron chi connectivity index (χ4n) is 0.609. The van der Waals surface area contributed by atoms with Crippen LogP contribution in [0, 0.1) is 5.41 Å². The summed E-state index contributed by atoms with van der Waals surface area (Å²) in [5.41, 5.74) is 0.429. The Labute approximate surface area is 72.8 Å². The Bertz CT molecular complexity index is 106. The fraction of sp³-hybridized carbons (Fsp3) is 0.778. The van der Waals surface area contributed by atoms with E-state index in [4.69, 9.17) is 0 Å². The van der Waals surface area contributed by atoms with Crippen molar-refractivity contribution in [1.82, 2.24) is 0 Å². The molecule has 0 N–H and O–H groups in total. The molecule has 0 bridgehead atoms. The number of rotatable bonds is 2. The first-order valence-corrected chi connectivity index (χ1v) is 4.64. The molecule has 0 heterocycles. The third-order valence-electron chi connectivity index (χ3n) is 1.13. The highest BCUT2D eigenvalue weighted by molar-refractivity contribution is 9.09. The van der Waals surface area contributed by atoms with E-state index in [1.54, 1.807) is 0 Å². The van der Waals surface area contributed by atoms with Crippen LogP contribution in [-0.4, -0.2) is 4.83 Å². The molecule has 0 spiro atoms. The van der Waals surface area contributed by atoms with Crippen molar-refractivity contribution in [2.45, 2.75) is 38.9 Å². The lowest BCUT2D eigenvalue weighted by molar-refractivity contribution is 0.420. The lowest BCUT2D eigenvalue weighted by atomic mass is 9.92. The second-order valence-corrected chi connectivity index (χ2v) is 5.31. The molecule has 1 unspecified atom stereocenters. The van der Waals surface area contributed by atoms with Crippen molar-refractivity contribution in [1.29, 1.82) is 0 Å². The van der Waals surface area contributed by atoms with E-state index in [1.165, 1.54) is 0 Å². The summed E-state index contributed by atoms with van der Waals surface area (Å²) in [7, 11) is 0. The van der Waals surface area contributed by atoms with E-state index in [0.717, 1.165) is 6.42 Å². The molecule has 10 heavy (non-hydrogen) atoms. The monoisotopic (exact) mass is 204 g/mol. The zero-order valence-corrected chi connectivity index (χ0v) is 8.90. The molecule has 0 fully saturated rings. The molecular formula is C9H17Br. The maximum absolute atomic E-state index is 3.46. The van der Waals surface area contributed by atoms with Crippen LogP contribution in [0.15, 0.2) is 12.2 Å². The molecule has 0 amide bonds. The van der Waals surface area contributed by atoms with Gasteiger partial charge in [-0.25, -0.2) is 0 Å². The first kappa shape index (κ1) is 10.2. The minimum atomic E-state index is 0.429. The smallest absolute Gasteiger partial charge is 0.0297 e. The first-order chi connectivity index (χ1) is 4.42. The molecule has 1 heteroatoms. The van der Waals surface area contributed by atoms with Gasteiger partial charge >= 0.3 is 0 Å². The first-order valence-electron chi connectivity index (χ1n) is 3.72. The van der Waals surface area contributed by atoms with Gasteiger partial charge in [0.1, 0.15) is 0 Å². The van der Waals surface area contributed by atoms with E-state index < -0.39 is 0 Å². The van der Waals surface area contributed by atoms with Crippen molar-refractivity contribution in [3.8, 4) is 0 Å². The lowest BCUT2D eigenvalue weighted by Crippen LogP contribution is -2.02. The van der Waals surface area contributed by atoms with Gasteiger partial charge in [0.25, 0.3) is 0 Å². The largest absolute Gasteiger partial charge is 0.0869 e. The Balaban J connectivity index is 3.54. The normalized spacial score (nSPS) is 16.1. The molecule has 0 rings (SSSR count). The molecule has 0 aliphatic heterocycles. The summed E-state index contributed by atoms with van der Waals surface area (Å²) in [5, 5.41) is 0. The summed E-state index contributed by atoms with van der Waals surface area (Å²) in [6, 6.07) is 0. The van der Waals surface area contributed by atoms with E-state index >= 15 is 0 Å². The van der Waals surface area contributed by atoms with E-state index in [-0.39, 0.29) is 0 Å². The van der Waals surface area contributed by atoms with Crippen LogP contribution in [0.4, 0.5) is 0 Å². The van der Waals surface area contributed by atoms with Crippen molar-refractivity contribution in [3.63, 3.8) is 0 Å². The molecule has 0 nitrogen and oxygen atoms in total. The van der Waals surface area contributed by atoms with Gasteiger partial charge in [0.15, 0.2) is 0 Å². The number of hydrogen-bond donors (Lipinski definition) is 0. The molecule has 1 atom stereocenters. The molecule has 0 saturated carbocycles. The molecular weight excluding hydrogens is 188 g/mol. The van der Waals surface area contributed by atoms with Crippen LogP contribution < -0.4 is 0 Å². The summed E-state index contributed by atoms with van der Waals surface area (Å²) in [6.07, 6.45) is 5.58. The fourth-order valence-corrected chi connectivity index (χ4v) is 0.825. The summed E-state index contributed by atoms with van der Waals surface area (Å²) in [6.45, 7) is 8.86. The predicted octanol–water partition coefficient (Wildman–Crippen LogP) is 3.76. The molecule has 0 aromatic rings. The molecule has 0 aromatic heterocycles. The van der Waals surface area contributed by atoms with Crippen LogP contribution in [0.3, 0.4) is 0 Å². The van der Waals surface area contributed by atoms with Gasteiger partial charge in [-0.05, 0) is 18.8 Å². The van der Waals surface area contributed by atoms with Crippen LogP contribution in [0.2, 0.25) is 0 Å². The Kier molecular flexibility index (Phi) is 4.26. The Hall–Kier alpha value is 0.220. The summed E-state index contributed by atoms with van der Waals surface area (Å²) in [4.78, 5) is 0.509. The predicted molar refractivity (Wildman–Crippen MR) is 51.6 cm³/mol. The van der Waals surface area contributed by atoms with Crippen LogP contribution in [0.1, 0.15) is 34.1 Å². The minimum absolute atomic E-state index is 0.429. The lowest BCUT2D eigenvalue weighted by Gasteiger charge is -2.14. The number of hydrogen-bond acceptors (Lipinski definition) is 0. The summed E-state index contributed by atoms with van der Waals surface area (Å²) >= 11 is 3.46. The summed E-state index contributed by atoms with van der Waals surface area (Å²) in [5.74, 6) is 0. The average Bonchev–Trinajstić information content (AvgIpc) is 1.59. The van der Waals surface area contributed by atoms with Gasteiger partial charge in [0, 0.05) is 4.83 Å². The maximum Gasteiger partial charge on any atom is 0.0297 e. The highest BCUT2D eigenvalue weighted by Gasteiger charge is 2.06. The zero-order valence-electron chi connectivity index (χ0n) is 7.32. The third-order valence-corrected chi connectivity index (χ3v) is 1.44. The van der Waals surface area contributed by atoms with Crippen molar-refractivity contribution >= 4 is 15.9 Å². The average molecular weight is 205 g/mol. The number of halogens is 1. The summed E-state index contributed by atoms with van der Waals surface area (Å²) < 4.78 is 0. The quantitative estimate of drug-likeness (QED) is 0.475. The molecule has 0 radical (unpaired) electrons. The van der Waals surface area contributed by atoms with Gasteiger partial charge in [0.05, 0.1) is 0 Å². The molecule has 60 valence electrons. The van der Waals surface area contributed by atoms with Crippen molar-refractivity contribution < 1.29 is 0 Å². The van der Waals surface area contributed by atoms with E-state index in [2.05, 4.69) is 55.8 Å². The van der Waals surface area contributed by atoms with Gasteiger partial charge in [-0.2, -0.15) is 0 Å². The Morgan fingerprint density at radius 1 is 1.40 bits per heavy atom. The molecule has 0 aliphatic carbocycles. The van der Waals surface area contributed by atoms with Crippen LogP contribution in [0.5, 0.6) is 0 Å². The molecule has 0 aliphatic rings. The Morgan fingerprint density at radius 3 is 2.20 bits per heavy atom. The highest BCUT2D eigenvalue weighted by atomic mass is 79.9.